The van der Waals surface area contributed by atoms with Crippen molar-refractivity contribution in [3.05, 3.63) is 46.3 Å². The molecule has 0 bridgehead atoms. The van der Waals surface area contributed by atoms with Crippen molar-refractivity contribution in [3.63, 3.8) is 0 Å². The largest absolute Gasteiger partial charge is 0.454 e. The molecule has 5 rings (SSSR count). The highest BCUT2D eigenvalue weighted by Gasteiger charge is 2.17. The molecular formula is C18H15ClN6O2S. The van der Waals surface area contributed by atoms with Crippen molar-refractivity contribution in [2.45, 2.75) is 13.3 Å². The molecule has 28 heavy (non-hydrogen) atoms. The Morgan fingerprint density at radius 3 is 3.00 bits per heavy atom. The van der Waals surface area contributed by atoms with Crippen LogP contribution in [0.3, 0.4) is 0 Å². The van der Waals surface area contributed by atoms with Gasteiger partial charge in [-0.1, -0.05) is 17.7 Å². The molecule has 142 valence electrons. The number of benzene rings is 1. The number of hydrogen-bond acceptors (Lipinski definition) is 8. The summed E-state index contributed by atoms with van der Waals surface area (Å²) in [5, 5.41) is 9.03. The molecule has 3 aromatic heterocycles. The SMILES string of the molecule is Cc1sc2nc(-n3cncn3)nc(NCCc3ccc4c(c3)OCO4)c2c1Cl. The predicted octanol–water partition coefficient (Wildman–Crippen LogP) is 3.62. The summed E-state index contributed by atoms with van der Waals surface area (Å²) in [4.78, 5) is 15.0. The van der Waals surface area contributed by atoms with Crippen molar-refractivity contribution in [3.8, 4) is 17.4 Å². The minimum absolute atomic E-state index is 0.275. The number of nitrogens with zero attached hydrogens (tertiary/aromatic N) is 5. The Morgan fingerprint density at radius 1 is 1.25 bits per heavy atom. The van der Waals surface area contributed by atoms with E-state index in [0.717, 1.165) is 38.6 Å². The lowest BCUT2D eigenvalue weighted by molar-refractivity contribution is 0.174. The van der Waals surface area contributed by atoms with Crippen LogP contribution < -0.4 is 14.8 Å². The Bertz CT molecular complexity index is 1160. The van der Waals surface area contributed by atoms with Gasteiger partial charge in [0.1, 0.15) is 23.3 Å². The van der Waals surface area contributed by atoms with Crippen LogP contribution in [0.25, 0.3) is 16.2 Å². The summed E-state index contributed by atoms with van der Waals surface area (Å²) in [5.74, 6) is 2.71. The fraction of sp³-hybridized carbons (Fsp3) is 0.222. The topological polar surface area (TPSA) is 87.0 Å². The molecule has 0 fully saturated rings. The summed E-state index contributed by atoms with van der Waals surface area (Å²) in [6.07, 6.45) is 3.81. The second-order valence-corrected chi connectivity index (χ2v) is 7.81. The number of thiophene rings is 1. The summed E-state index contributed by atoms with van der Waals surface area (Å²) >= 11 is 8.04. The van der Waals surface area contributed by atoms with Gasteiger partial charge in [0.05, 0.1) is 10.4 Å². The number of aromatic nitrogens is 5. The zero-order valence-electron chi connectivity index (χ0n) is 14.8. The van der Waals surface area contributed by atoms with E-state index in [1.807, 2.05) is 25.1 Å². The van der Waals surface area contributed by atoms with Crippen LogP contribution in [0.2, 0.25) is 5.02 Å². The summed E-state index contributed by atoms with van der Waals surface area (Å²) in [6.45, 7) is 2.92. The van der Waals surface area contributed by atoms with Crippen LogP contribution in [0, 0.1) is 6.92 Å². The molecule has 0 atom stereocenters. The van der Waals surface area contributed by atoms with Crippen LogP contribution in [0.1, 0.15) is 10.4 Å². The molecule has 4 aromatic rings. The quantitative estimate of drug-likeness (QED) is 0.533. The van der Waals surface area contributed by atoms with Gasteiger partial charge in [0, 0.05) is 11.4 Å². The Morgan fingerprint density at radius 2 is 2.14 bits per heavy atom. The minimum Gasteiger partial charge on any atom is -0.454 e. The first-order valence-corrected chi connectivity index (χ1v) is 9.82. The lowest BCUT2D eigenvalue weighted by atomic mass is 10.1. The van der Waals surface area contributed by atoms with E-state index in [1.165, 1.54) is 22.3 Å². The van der Waals surface area contributed by atoms with E-state index < -0.39 is 0 Å². The number of aryl methyl sites for hydroxylation is 1. The molecule has 0 saturated heterocycles. The summed E-state index contributed by atoms with van der Waals surface area (Å²) in [6, 6.07) is 5.97. The van der Waals surface area contributed by atoms with Crippen LogP contribution in [0.15, 0.2) is 30.9 Å². The van der Waals surface area contributed by atoms with E-state index in [4.69, 9.17) is 21.1 Å². The molecule has 0 aliphatic carbocycles. The van der Waals surface area contributed by atoms with Crippen LogP contribution >= 0.6 is 22.9 Å². The fourth-order valence-corrected chi connectivity index (χ4v) is 4.29. The highest BCUT2D eigenvalue weighted by Crippen LogP contribution is 2.38. The molecule has 10 heteroatoms. The number of hydrogen-bond donors (Lipinski definition) is 1. The van der Waals surface area contributed by atoms with Gasteiger partial charge in [-0.15, -0.1) is 11.3 Å². The van der Waals surface area contributed by atoms with Crippen molar-refractivity contribution in [1.82, 2.24) is 24.7 Å². The van der Waals surface area contributed by atoms with Crippen molar-refractivity contribution in [2.75, 3.05) is 18.7 Å². The third kappa shape index (κ3) is 3.02. The van der Waals surface area contributed by atoms with Gasteiger partial charge >= 0.3 is 0 Å². The highest BCUT2D eigenvalue weighted by atomic mass is 35.5. The van der Waals surface area contributed by atoms with Crippen LogP contribution in [-0.4, -0.2) is 38.1 Å². The lowest BCUT2D eigenvalue weighted by Crippen LogP contribution is -2.10. The number of halogens is 1. The number of ether oxygens (including phenoxy) is 2. The van der Waals surface area contributed by atoms with Gasteiger partial charge in [0.2, 0.25) is 6.79 Å². The van der Waals surface area contributed by atoms with E-state index in [1.54, 1.807) is 6.33 Å². The maximum Gasteiger partial charge on any atom is 0.255 e. The van der Waals surface area contributed by atoms with E-state index in [0.29, 0.717) is 23.3 Å². The molecule has 4 heterocycles. The number of nitrogens with one attached hydrogen (secondary N) is 1. The maximum absolute atomic E-state index is 6.51. The zero-order valence-corrected chi connectivity index (χ0v) is 16.4. The predicted molar refractivity (Wildman–Crippen MR) is 107 cm³/mol. The van der Waals surface area contributed by atoms with Crippen LogP contribution in [0.4, 0.5) is 5.82 Å². The molecule has 1 aliphatic rings. The molecule has 0 amide bonds. The molecule has 0 spiro atoms. The van der Waals surface area contributed by atoms with E-state index in [2.05, 4.69) is 25.4 Å². The second-order valence-electron chi connectivity index (χ2n) is 6.23. The Hall–Kier alpha value is -2.91. The third-order valence-corrected chi connectivity index (χ3v) is 5.99. The van der Waals surface area contributed by atoms with Gasteiger partial charge in [-0.2, -0.15) is 19.7 Å². The number of fused-ring (bicyclic) bond motifs is 2. The third-order valence-electron chi connectivity index (χ3n) is 4.41. The lowest BCUT2D eigenvalue weighted by Gasteiger charge is -2.09. The Balaban J connectivity index is 1.42. The van der Waals surface area contributed by atoms with Gasteiger partial charge in [-0.05, 0) is 31.0 Å². The average molecular weight is 415 g/mol. The van der Waals surface area contributed by atoms with Crippen LogP contribution in [0.5, 0.6) is 11.5 Å². The molecule has 8 nitrogen and oxygen atoms in total. The molecule has 1 N–H and O–H groups in total. The molecule has 1 aliphatic heterocycles. The normalized spacial score (nSPS) is 12.6. The minimum atomic E-state index is 0.275. The van der Waals surface area contributed by atoms with E-state index >= 15 is 0 Å². The highest BCUT2D eigenvalue weighted by molar-refractivity contribution is 7.19. The summed E-state index contributed by atoms with van der Waals surface area (Å²) < 4.78 is 12.3. The Kier molecular flexibility index (Phi) is 4.25. The first-order valence-electron chi connectivity index (χ1n) is 8.63. The summed E-state index contributed by atoms with van der Waals surface area (Å²) in [7, 11) is 0. The molecule has 0 radical (unpaired) electrons. The number of anilines is 1. The fourth-order valence-electron chi connectivity index (χ4n) is 3.03. The number of rotatable bonds is 5. The van der Waals surface area contributed by atoms with Gasteiger partial charge in [0.25, 0.3) is 5.95 Å². The van der Waals surface area contributed by atoms with Crippen molar-refractivity contribution >= 4 is 39.0 Å². The second kappa shape index (κ2) is 6.92. The first-order chi connectivity index (χ1) is 13.7. The molecule has 1 aromatic carbocycles. The monoisotopic (exact) mass is 414 g/mol. The molecular weight excluding hydrogens is 400 g/mol. The van der Waals surface area contributed by atoms with E-state index in [9.17, 15) is 0 Å². The molecule has 0 unspecified atom stereocenters. The van der Waals surface area contributed by atoms with Gasteiger partial charge in [0.15, 0.2) is 11.5 Å². The molecule has 0 saturated carbocycles. The van der Waals surface area contributed by atoms with E-state index in [-0.39, 0.29) is 6.79 Å². The average Bonchev–Trinajstić information content (AvgIpc) is 3.43. The standard InChI is InChI=1S/C18H15ClN6O2S/c1-10-15(19)14-16(23-18(24-17(14)28-10)25-8-20-7-22-25)21-5-4-11-2-3-12-13(6-11)27-9-26-12/h2-3,6-8H,4-5,9H2,1H3,(H,21,23,24). The van der Waals surface area contributed by atoms with Crippen molar-refractivity contribution in [1.29, 1.82) is 0 Å². The van der Waals surface area contributed by atoms with Gasteiger partial charge in [-0.25, -0.2) is 4.98 Å². The maximum atomic E-state index is 6.51. The summed E-state index contributed by atoms with van der Waals surface area (Å²) in [5.41, 5.74) is 1.14. The van der Waals surface area contributed by atoms with Crippen molar-refractivity contribution in [2.24, 2.45) is 0 Å². The zero-order chi connectivity index (χ0) is 19.1. The first kappa shape index (κ1) is 17.2. The van der Waals surface area contributed by atoms with Crippen LogP contribution in [-0.2, 0) is 6.42 Å². The van der Waals surface area contributed by atoms with Crippen molar-refractivity contribution < 1.29 is 9.47 Å². The van der Waals surface area contributed by atoms with Gasteiger partial charge in [-0.3, -0.25) is 0 Å². The Labute approximate surface area is 169 Å². The van der Waals surface area contributed by atoms with Gasteiger partial charge < -0.3 is 14.8 Å². The smallest absolute Gasteiger partial charge is 0.255 e.